The van der Waals surface area contributed by atoms with E-state index in [0.717, 1.165) is 5.75 Å². The zero-order chi connectivity index (χ0) is 14.7. The van der Waals surface area contributed by atoms with Crippen molar-refractivity contribution in [2.75, 3.05) is 0 Å². The summed E-state index contributed by atoms with van der Waals surface area (Å²) in [6, 6.07) is 8.33. The molecule has 0 bridgehead atoms. The minimum atomic E-state index is -1.77. The Morgan fingerprint density at radius 2 is 1.68 bits per heavy atom. The largest absolute Gasteiger partial charge is 0.543 e. The fourth-order valence-corrected chi connectivity index (χ4v) is 2.48. The first kappa shape index (κ1) is 16.0. The zero-order valence-electron chi connectivity index (χ0n) is 13.4. The number of hydrogen-bond acceptors (Lipinski definition) is 1. The van der Waals surface area contributed by atoms with Crippen molar-refractivity contribution in [3.63, 3.8) is 0 Å². The van der Waals surface area contributed by atoms with Crippen LogP contribution >= 0.6 is 0 Å². The molecule has 0 fully saturated rings. The Labute approximate surface area is 119 Å². The maximum atomic E-state index is 6.42. The number of rotatable bonds is 4. The number of allylic oxidation sites excluding steroid dienone is 1. The van der Waals surface area contributed by atoms with Crippen molar-refractivity contribution in [1.82, 2.24) is 0 Å². The van der Waals surface area contributed by atoms with Crippen molar-refractivity contribution < 1.29 is 4.43 Å². The predicted molar refractivity (Wildman–Crippen MR) is 88.1 cm³/mol. The molecule has 0 aliphatic carbocycles. The molecular formula is C17H28OSi. The molecule has 0 unspecified atom stereocenters. The molecule has 0 aromatic heterocycles. The minimum Gasteiger partial charge on any atom is -0.543 e. The van der Waals surface area contributed by atoms with E-state index in [-0.39, 0.29) is 5.04 Å². The van der Waals surface area contributed by atoms with E-state index in [1.165, 1.54) is 5.56 Å². The van der Waals surface area contributed by atoms with E-state index in [1.54, 1.807) is 0 Å². The second-order valence-corrected chi connectivity index (χ2v) is 11.7. The van der Waals surface area contributed by atoms with Gasteiger partial charge in [0.1, 0.15) is 5.75 Å². The summed E-state index contributed by atoms with van der Waals surface area (Å²) in [4.78, 5) is 0. The van der Waals surface area contributed by atoms with Crippen molar-refractivity contribution in [2.24, 2.45) is 5.92 Å². The number of benzene rings is 1. The molecule has 1 nitrogen and oxygen atoms in total. The molecule has 0 saturated carbocycles. The third-order valence-electron chi connectivity index (χ3n) is 3.75. The molecule has 0 N–H and O–H groups in total. The molecule has 2 heteroatoms. The predicted octanol–water partition coefficient (Wildman–Crippen LogP) is 5.74. The molecule has 0 radical (unpaired) electrons. The smallest absolute Gasteiger partial charge is 0.250 e. The molecule has 0 heterocycles. The molecular weight excluding hydrogens is 248 g/mol. The maximum absolute atomic E-state index is 6.42. The van der Waals surface area contributed by atoms with Gasteiger partial charge in [-0.1, -0.05) is 65.0 Å². The van der Waals surface area contributed by atoms with Gasteiger partial charge in [0.15, 0.2) is 0 Å². The Bertz CT molecular complexity index is 439. The van der Waals surface area contributed by atoms with Gasteiger partial charge in [-0.15, -0.1) is 0 Å². The fourth-order valence-electron chi connectivity index (χ4n) is 1.44. The van der Waals surface area contributed by atoms with Gasteiger partial charge in [-0.25, -0.2) is 0 Å². The van der Waals surface area contributed by atoms with Crippen LogP contribution in [0.15, 0.2) is 30.3 Å². The highest BCUT2D eigenvalue weighted by Gasteiger charge is 2.39. The van der Waals surface area contributed by atoms with Gasteiger partial charge >= 0.3 is 0 Å². The van der Waals surface area contributed by atoms with Crippen molar-refractivity contribution >= 4 is 14.4 Å². The van der Waals surface area contributed by atoms with Gasteiger partial charge in [0, 0.05) is 5.56 Å². The van der Waals surface area contributed by atoms with E-state index in [1.807, 2.05) is 0 Å². The van der Waals surface area contributed by atoms with Crippen LogP contribution in [0.2, 0.25) is 18.1 Å². The highest BCUT2D eigenvalue weighted by Crippen LogP contribution is 2.38. The van der Waals surface area contributed by atoms with Crippen LogP contribution in [0.1, 0.15) is 40.2 Å². The van der Waals surface area contributed by atoms with Gasteiger partial charge in [0.05, 0.1) is 0 Å². The van der Waals surface area contributed by atoms with E-state index in [0.29, 0.717) is 5.92 Å². The SMILES string of the molecule is CC(C)/C=C/c1ccccc1O[Si](C)(C)C(C)(C)C. The van der Waals surface area contributed by atoms with Gasteiger partial charge in [-0.05, 0) is 30.1 Å². The number of hydrogen-bond donors (Lipinski definition) is 0. The molecule has 1 rings (SSSR count). The lowest BCUT2D eigenvalue weighted by atomic mass is 10.1. The average Bonchev–Trinajstić information content (AvgIpc) is 2.25. The van der Waals surface area contributed by atoms with E-state index in [2.05, 4.69) is 84.1 Å². The van der Waals surface area contributed by atoms with E-state index >= 15 is 0 Å². The maximum Gasteiger partial charge on any atom is 0.250 e. The van der Waals surface area contributed by atoms with E-state index in [4.69, 9.17) is 4.43 Å². The first-order valence-corrected chi connectivity index (χ1v) is 10.0. The van der Waals surface area contributed by atoms with Gasteiger partial charge in [-0.2, -0.15) is 0 Å². The van der Waals surface area contributed by atoms with Crippen LogP contribution in [-0.4, -0.2) is 8.32 Å². The summed E-state index contributed by atoms with van der Waals surface area (Å²) in [6.07, 6.45) is 4.39. The van der Waals surface area contributed by atoms with Crippen LogP contribution in [0.25, 0.3) is 6.08 Å². The quantitative estimate of drug-likeness (QED) is 0.637. The van der Waals surface area contributed by atoms with Gasteiger partial charge in [0.2, 0.25) is 0 Å². The van der Waals surface area contributed by atoms with Crippen LogP contribution in [-0.2, 0) is 0 Å². The Balaban J connectivity index is 3.02. The Morgan fingerprint density at radius 3 is 2.21 bits per heavy atom. The summed E-state index contributed by atoms with van der Waals surface area (Å²) in [5.74, 6) is 1.58. The topological polar surface area (TPSA) is 9.23 Å². The van der Waals surface area contributed by atoms with Crippen molar-refractivity contribution in [3.05, 3.63) is 35.9 Å². The molecule has 0 amide bonds. The Kier molecular flexibility index (Phi) is 5.02. The molecule has 0 aliphatic heterocycles. The third-order valence-corrected chi connectivity index (χ3v) is 8.09. The third kappa shape index (κ3) is 4.54. The van der Waals surface area contributed by atoms with Crippen molar-refractivity contribution in [2.45, 2.75) is 52.8 Å². The Morgan fingerprint density at radius 1 is 1.11 bits per heavy atom. The Hall–Kier alpha value is -1.02. The lowest BCUT2D eigenvalue weighted by Gasteiger charge is -2.36. The standard InChI is InChI=1S/C17H28OSi/c1-14(2)12-13-15-10-8-9-11-16(15)18-19(6,7)17(3,4)5/h8-14H,1-7H3/b13-12+. The monoisotopic (exact) mass is 276 g/mol. The van der Waals surface area contributed by atoms with Gasteiger partial charge < -0.3 is 4.43 Å². The highest BCUT2D eigenvalue weighted by atomic mass is 28.4. The van der Waals surface area contributed by atoms with Crippen LogP contribution in [0.3, 0.4) is 0 Å². The molecule has 19 heavy (non-hydrogen) atoms. The summed E-state index contributed by atoms with van der Waals surface area (Å²) in [7, 11) is -1.77. The molecule has 0 spiro atoms. The summed E-state index contributed by atoms with van der Waals surface area (Å²) in [5, 5.41) is 0.224. The van der Waals surface area contributed by atoms with E-state index in [9.17, 15) is 0 Å². The van der Waals surface area contributed by atoms with Crippen molar-refractivity contribution in [1.29, 1.82) is 0 Å². The first-order valence-electron chi connectivity index (χ1n) is 7.10. The fraction of sp³-hybridized carbons (Fsp3) is 0.529. The average molecular weight is 276 g/mol. The minimum absolute atomic E-state index is 0.224. The highest BCUT2D eigenvalue weighted by molar-refractivity contribution is 6.74. The summed E-state index contributed by atoms with van der Waals surface area (Å²) in [6.45, 7) is 15.8. The lowest BCUT2D eigenvalue weighted by Crippen LogP contribution is -2.44. The molecule has 1 aromatic carbocycles. The molecule has 1 aromatic rings. The second-order valence-electron chi connectivity index (χ2n) is 7.00. The zero-order valence-corrected chi connectivity index (χ0v) is 14.4. The first-order chi connectivity index (χ1) is 8.63. The number of para-hydroxylation sites is 1. The molecule has 106 valence electrons. The summed E-state index contributed by atoms with van der Waals surface area (Å²) >= 11 is 0. The van der Waals surface area contributed by atoms with E-state index < -0.39 is 8.32 Å². The molecule has 0 saturated heterocycles. The second kappa shape index (κ2) is 5.95. The van der Waals surface area contributed by atoms with Crippen molar-refractivity contribution in [3.8, 4) is 5.75 Å². The van der Waals surface area contributed by atoms with Crippen LogP contribution < -0.4 is 4.43 Å². The van der Waals surface area contributed by atoms with Crippen LogP contribution in [0.4, 0.5) is 0 Å². The lowest BCUT2D eigenvalue weighted by molar-refractivity contribution is 0.491. The normalized spacial score (nSPS) is 13.3. The molecule has 0 atom stereocenters. The van der Waals surface area contributed by atoms with Crippen LogP contribution in [0.5, 0.6) is 5.75 Å². The van der Waals surface area contributed by atoms with Crippen LogP contribution in [0, 0.1) is 5.92 Å². The molecule has 0 aliphatic rings. The summed E-state index contributed by atoms with van der Waals surface area (Å²) in [5.41, 5.74) is 1.18. The van der Waals surface area contributed by atoms with Gasteiger partial charge in [0.25, 0.3) is 8.32 Å². The summed E-state index contributed by atoms with van der Waals surface area (Å²) < 4.78 is 6.42. The van der Waals surface area contributed by atoms with Gasteiger partial charge in [-0.3, -0.25) is 0 Å².